The van der Waals surface area contributed by atoms with Crippen LogP contribution >= 0.6 is 0 Å². The molecular formula is C7H13N. The van der Waals surface area contributed by atoms with E-state index in [-0.39, 0.29) is 0 Å². The second-order valence-corrected chi connectivity index (χ2v) is 2.32. The zero-order valence-corrected chi connectivity index (χ0v) is 5.35. The van der Waals surface area contributed by atoms with Crippen LogP contribution in [0.5, 0.6) is 0 Å². The van der Waals surface area contributed by atoms with Crippen LogP contribution in [0.3, 0.4) is 0 Å². The molecule has 0 spiro atoms. The zero-order chi connectivity index (χ0) is 5.82. The van der Waals surface area contributed by atoms with E-state index in [1.54, 1.807) is 0 Å². The summed E-state index contributed by atoms with van der Waals surface area (Å²) in [5.41, 5.74) is 0. The van der Waals surface area contributed by atoms with Gasteiger partial charge in [-0.2, -0.15) is 0 Å². The van der Waals surface area contributed by atoms with Crippen LogP contribution in [0.25, 0.3) is 0 Å². The molecule has 1 nitrogen and oxygen atoms in total. The van der Waals surface area contributed by atoms with Gasteiger partial charge in [-0.1, -0.05) is 12.2 Å². The molecule has 0 bridgehead atoms. The van der Waals surface area contributed by atoms with E-state index in [0.717, 1.165) is 12.5 Å². The number of rotatable bonds is 2. The van der Waals surface area contributed by atoms with Gasteiger partial charge in [0.2, 0.25) is 0 Å². The van der Waals surface area contributed by atoms with Crippen molar-refractivity contribution in [1.29, 1.82) is 0 Å². The van der Waals surface area contributed by atoms with E-state index in [2.05, 4.69) is 17.5 Å². The Morgan fingerprint density at radius 2 is 2.62 bits per heavy atom. The summed E-state index contributed by atoms with van der Waals surface area (Å²) in [6.07, 6.45) is 7.20. The lowest BCUT2D eigenvalue weighted by Gasteiger charge is -2.03. The van der Waals surface area contributed by atoms with Gasteiger partial charge in [-0.15, -0.1) is 0 Å². The maximum absolute atomic E-state index is 3.16. The van der Waals surface area contributed by atoms with Crippen molar-refractivity contribution in [2.24, 2.45) is 5.92 Å². The molecule has 0 amide bonds. The summed E-state index contributed by atoms with van der Waals surface area (Å²) < 4.78 is 0. The fraction of sp³-hybridized carbons (Fsp3) is 0.714. The van der Waals surface area contributed by atoms with Crippen LogP contribution in [0.4, 0.5) is 0 Å². The number of hydrogen-bond donors (Lipinski definition) is 1. The first-order valence-corrected chi connectivity index (χ1v) is 3.24. The molecule has 0 saturated carbocycles. The molecule has 0 aromatic rings. The van der Waals surface area contributed by atoms with Gasteiger partial charge in [0, 0.05) is 6.54 Å². The van der Waals surface area contributed by atoms with E-state index in [4.69, 9.17) is 0 Å². The lowest BCUT2D eigenvalue weighted by molar-refractivity contribution is 0.586. The van der Waals surface area contributed by atoms with Gasteiger partial charge < -0.3 is 5.32 Å². The first-order chi connectivity index (χ1) is 3.93. The normalized spacial score (nSPS) is 26.9. The highest BCUT2D eigenvalue weighted by Crippen LogP contribution is 2.14. The van der Waals surface area contributed by atoms with Crippen molar-refractivity contribution < 1.29 is 0 Å². The van der Waals surface area contributed by atoms with Crippen LogP contribution in [-0.4, -0.2) is 13.6 Å². The zero-order valence-electron chi connectivity index (χ0n) is 5.35. The maximum atomic E-state index is 3.16. The predicted octanol–water partition coefficient (Wildman–Crippen LogP) is 1.17. The Morgan fingerprint density at radius 3 is 3.12 bits per heavy atom. The fourth-order valence-corrected chi connectivity index (χ4v) is 1.13. The summed E-state index contributed by atoms with van der Waals surface area (Å²) in [6.45, 7) is 1.15. The Hall–Kier alpha value is -0.300. The summed E-state index contributed by atoms with van der Waals surface area (Å²) in [7, 11) is 2.01. The van der Waals surface area contributed by atoms with Crippen molar-refractivity contribution in [1.82, 2.24) is 5.32 Å². The van der Waals surface area contributed by atoms with Gasteiger partial charge in [-0.3, -0.25) is 0 Å². The molecule has 1 N–H and O–H groups in total. The second-order valence-electron chi connectivity index (χ2n) is 2.32. The van der Waals surface area contributed by atoms with Crippen molar-refractivity contribution in [2.45, 2.75) is 12.8 Å². The van der Waals surface area contributed by atoms with Crippen LogP contribution in [0.15, 0.2) is 12.2 Å². The predicted molar refractivity (Wildman–Crippen MR) is 35.8 cm³/mol. The quantitative estimate of drug-likeness (QED) is 0.527. The third-order valence-corrected chi connectivity index (χ3v) is 1.58. The number of hydrogen-bond acceptors (Lipinski definition) is 1. The van der Waals surface area contributed by atoms with Gasteiger partial charge in [0.25, 0.3) is 0 Å². The van der Waals surface area contributed by atoms with Gasteiger partial charge in [0.15, 0.2) is 0 Å². The third-order valence-electron chi connectivity index (χ3n) is 1.58. The molecule has 0 radical (unpaired) electrons. The Labute approximate surface area is 50.8 Å². The molecule has 0 saturated heterocycles. The first kappa shape index (κ1) is 5.83. The van der Waals surface area contributed by atoms with Gasteiger partial charge >= 0.3 is 0 Å². The summed E-state index contributed by atoms with van der Waals surface area (Å²) in [6, 6.07) is 0. The van der Waals surface area contributed by atoms with Crippen LogP contribution in [0.1, 0.15) is 12.8 Å². The Morgan fingerprint density at radius 1 is 1.75 bits per heavy atom. The van der Waals surface area contributed by atoms with E-state index in [1.165, 1.54) is 12.8 Å². The molecule has 0 fully saturated rings. The summed E-state index contributed by atoms with van der Waals surface area (Å²) in [5.74, 6) is 0.819. The SMILES string of the molecule is CNCC1C=CCC1. The van der Waals surface area contributed by atoms with Crippen LogP contribution in [0, 0.1) is 5.92 Å². The number of allylic oxidation sites excluding steroid dienone is 1. The first-order valence-electron chi connectivity index (χ1n) is 3.24. The lowest BCUT2D eigenvalue weighted by atomic mass is 10.1. The average molecular weight is 111 g/mol. The van der Waals surface area contributed by atoms with Gasteiger partial charge in [0.1, 0.15) is 0 Å². The second kappa shape index (κ2) is 2.88. The molecule has 1 aliphatic rings. The minimum absolute atomic E-state index is 0.819. The van der Waals surface area contributed by atoms with Crippen molar-refractivity contribution in [3.63, 3.8) is 0 Å². The summed E-state index contributed by atoms with van der Waals surface area (Å²) >= 11 is 0. The molecular weight excluding hydrogens is 98.1 g/mol. The molecule has 1 atom stereocenters. The van der Waals surface area contributed by atoms with E-state index in [1.807, 2.05) is 7.05 Å². The van der Waals surface area contributed by atoms with Crippen molar-refractivity contribution in [3.05, 3.63) is 12.2 Å². The molecule has 1 heteroatoms. The highest BCUT2D eigenvalue weighted by atomic mass is 14.8. The molecule has 46 valence electrons. The van der Waals surface area contributed by atoms with Gasteiger partial charge in [-0.25, -0.2) is 0 Å². The summed E-state index contributed by atoms with van der Waals surface area (Å²) in [4.78, 5) is 0. The van der Waals surface area contributed by atoms with Crippen molar-refractivity contribution in [3.8, 4) is 0 Å². The topological polar surface area (TPSA) is 12.0 Å². The highest BCUT2D eigenvalue weighted by Gasteiger charge is 2.05. The molecule has 0 aromatic heterocycles. The molecule has 0 aliphatic heterocycles. The molecule has 0 aromatic carbocycles. The van der Waals surface area contributed by atoms with E-state index < -0.39 is 0 Å². The van der Waals surface area contributed by atoms with E-state index >= 15 is 0 Å². The Kier molecular flexibility index (Phi) is 2.10. The monoisotopic (exact) mass is 111 g/mol. The summed E-state index contributed by atoms with van der Waals surface area (Å²) in [5, 5.41) is 3.16. The number of nitrogens with one attached hydrogen (secondary N) is 1. The van der Waals surface area contributed by atoms with Gasteiger partial charge in [0.05, 0.1) is 0 Å². The van der Waals surface area contributed by atoms with E-state index in [0.29, 0.717) is 0 Å². The van der Waals surface area contributed by atoms with E-state index in [9.17, 15) is 0 Å². The largest absolute Gasteiger partial charge is 0.319 e. The Balaban J connectivity index is 2.16. The minimum atomic E-state index is 0.819. The molecule has 1 rings (SSSR count). The fourth-order valence-electron chi connectivity index (χ4n) is 1.13. The highest BCUT2D eigenvalue weighted by molar-refractivity contribution is 4.96. The standard InChI is InChI=1S/C7H13N/c1-8-6-7-4-2-3-5-7/h2,4,7-8H,3,5-6H2,1H3. The van der Waals surface area contributed by atoms with Crippen LogP contribution in [-0.2, 0) is 0 Å². The van der Waals surface area contributed by atoms with Gasteiger partial charge in [-0.05, 0) is 25.8 Å². The smallest absolute Gasteiger partial charge is 0.00113 e. The lowest BCUT2D eigenvalue weighted by Crippen LogP contribution is -2.14. The van der Waals surface area contributed by atoms with Crippen LogP contribution in [0.2, 0.25) is 0 Å². The van der Waals surface area contributed by atoms with Crippen molar-refractivity contribution >= 4 is 0 Å². The molecule has 1 unspecified atom stereocenters. The maximum Gasteiger partial charge on any atom is 0.00113 e. The minimum Gasteiger partial charge on any atom is -0.319 e. The molecule has 0 heterocycles. The Bertz CT molecular complexity index is 86.4. The molecule has 1 aliphatic carbocycles. The molecule has 8 heavy (non-hydrogen) atoms. The van der Waals surface area contributed by atoms with Crippen LogP contribution < -0.4 is 5.32 Å². The van der Waals surface area contributed by atoms with Crippen molar-refractivity contribution in [2.75, 3.05) is 13.6 Å². The third kappa shape index (κ3) is 1.34. The average Bonchev–Trinajstić information content (AvgIpc) is 2.19.